The third-order valence-corrected chi connectivity index (χ3v) is 4.27. The van der Waals surface area contributed by atoms with E-state index in [4.69, 9.17) is 9.84 Å². The summed E-state index contributed by atoms with van der Waals surface area (Å²) in [6, 6.07) is 8.05. The van der Waals surface area contributed by atoms with Gasteiger partial charge in [-0.05, 0) is 48.8 Å². The molecule has 2 heteroatoms. The predicted molar refractivity (Wildman–Crippen MR) is 81.2 cm³/mol. The Morgan fingerprint density at radius 1 is 1.25 bits per heavy atom. The molecule has 2 nitrogen and oxygen atoms in total. The molecule has 1 N–H and O–H groups in total. The topological polar surface area (TPSA) is 29.5 Å². The van der Waals surface area contributed by atoms with Crippen LogP contribution in [0.5, 0.6) is 0 Å². The van der Waals surface area contributed by atoms with E-state index < -0.39 is 0 Å². The third kappa shape index (κ3) is 4.37. The first kappa shape index (κ1) is 15.1. The van der Waals surface area contributed by atoms with Crippen LogP contribution in [-0.4, -0.2) is 17.8 Å². The van der Waals surface area contributed by atoms with Gasteiger partial charge in [0.05, 0.1) is 12.7 Å². The van der Waals surface area contributed by atoms with Gasteiger partial charge < -0.3 is 9.84 Å². The molecule has 0 aromatic heterocycles. The van der Waals surface area contributed by atoms with E-state index in [0.29, 0.717) is 12.7 Å². The minimum absolute atomic E-state index is 0.0983. The Morgan fingerprint density at radius 3 is 2.85 bits per heavy atom. The molecule has 2 rings (SSSR count). The first-order valence-corrected chi connectivity index (χ1v) is 7.49. The van der Waals surface area contributed by atoms with Gasteiger partial charge in [0.15, 0.2) is 0 Å². The summed E-state index contributed by atoms with van der Waals surface area (Å²) in [6.07, 6.45) is 4.02. The molecule has 1 saturated carbocycles. The van der Waals surface area contributed by atoms with Gasteiger partial charge >= 0.3 is 0 Å². The van der Waals surface area contributed by atoms with Crippen molar-refractivity contribution in [3.05, 3.63) is 35.4 Å². The second-order valence-corrected chi connectivity index (χ2v) is 5.86. The summed E-state index contributed by atoms with van der Waals surface area (Å²) in [5.74, 6) is 7.19. The van der Waals surface area contributed by atoms with Crippen molar-refractivity contribution in [2.75, 3.05) is 6.61 Å². The largest absolute Gasteiger partial charge is 0.384 e. The SMILES string of the molecule is CC1CCC(OCc2cccc(C#CCO)c2)CC1C. The van der Waals surface area contributed by atoms with E-state index in [9.17, 15) is 0 Å². The lowest BCUT2D eigenvalue weighted by atomic mass is 9.80. The van der Waals surface area contributed by atoms with Crippen molar-refractivity contribution in [1.82, 2.24) is 0 Å². The van der Waals surface area contributed by atoms with Crippen LogP contribution >= 0.6 is 0 Å². The van der Waals surface area contributed by atoms with Crippen molar-refractivity contribution in [1.29, 1.82) is 0 Å². The van der Waals surface area contributed by atoms with Crippen LogP contribution in [0.3, 0.4) is 0 Å². The second-order valence-electron chi connectivity index (χ2n) is 5.86. The molecule has 0 saturated heterocycles. The van der Waals surface area contributed by atoms with Gasteiger partial charge in [0.25, 0.3) is 0 Å². The average molecular weight is 272 g/mol. The Balaban J connectivity index is 1.88. The highest BCUT2D eigenvalue weighted by Crippen LogP contribution is 2.31. The van der Waals surface area contributed by atoms with Gasteiger partial charge in [-0.3, -0.25) is 0 Å². The fourth-order valence-electron chi connectivity index (χ4n) is 2.74. The highest BCUT2D eigenvalue weighted by atomic mass is 16.5. The van der Waals surface area contributed by atoms with Crippen molar-refractivity contribution in [3.63, 3.8) is 0 Å². The maximum Gasteiger partial charge on any atom is 0.104 e. The normalized spacial score (nSPS) is 25.9. The second kappa shape index (κ2) is 7.47. The molecule has 108 valence electrons. The van der Waals surface area contributed by atoms with Crippen molar-refractivity contribution >= 4 is 0 Å². The van der Waals surface area contributed by atoms with E-state index in [2.05, 4.69) is 31.8 Å². The average Bonchev–Trinajstić information content (AvgIpc) is 2.47. The number of benzene rings is 1. The fourth-order valence-corrected chi connectivity index (χ4v) is 2.74. The molecule has 1 aromatic rings. The summed E-state index contributed by atoms with van der Waals surface area (Å²) in [7, 11) is 0. The summed E-state index contributed by atoms with van der Waals surface area (Å²) in [5, 5.41) is 8.72. The van der Waals surface area contributed by atoms with Gasteiger partial charge in [0.1, 0.15) is 6.61 Å². The zero-order chi connectivity index (χ0) is 14.4. The molecule has 1 aromatic carbocycles. The van der Waals surface area contributed by atoms with Gasteiger partial charge in [-0.15, -0.1) is 0 Å². The fraction of sp³-hybridized carbons (Fsp3) is 0.556. The predicted octanol–water partition coefficient (Wildman–Crippen LogP) is 3.37. The first-order valence-electron chi connectivity index (χ1n) is 7.49. The molecule has 3 unspecified atom stereocenters. The van der Waals surface area contributed by atoms with Crippen LogP contribution in [0, 0.1) is 23.7 Å². The van der Waals surface area contributed by atoms with E-state index in [1.165, 1.54) is 19.3 Å². The smallest absolute Gasteiger partial charge is 0.104 e. The molecular formula is C18H24O2. The van der Waals surface area contributed by atoms with E-state index >= 15 is 0 Å². The number of aliphatic hydroxyl groups is 1. The lowest BCUT2D eigenvalue weighted by molar-refractivity contribution is -0.00745. The zero-order valence-corrected chi connectivity index (χ0v) is 12.4. The summed E-state index contributed by atoms with van der Waals surface area (Å²) in [4.78, 5) is 0. The molecule has 0 aliphatic heterocycles. The number of ether oxygens (including phenoxy) is 1. The molecule has 3 atom stereocenters. The standard InChI is InChI=1S/C18H24O2/c1-14-8-9-18(11-15(14)2)20-13-17-6-3-5-16(12-17)7-4-10-19/h3,5-6,12,14-15,18-19H,8-11,13H2,1-2H3. The molecule has 0 radical (unpaired) electrons. The Bertz CT molecular complexity index is 484. The Kier molecular flexibility index (Phi) is 5.64. The molecule has 0 amide bonds. The van der Waals surface area contributed by atoms with Gasteiger partial charge in [0, 0.05) is 5.56 Å². The zero-order valence-electron chi connectivity index (χ0n) is 12.4. The summed E-state index contributed by atoms with van der Waals surface area (Å²) >= 11 is 0. The van der Waals surface area contributed by atoms with Gasteiger partial charge in [-0.25, -0.2) is 0 Å². The molecule has 1 fully saturated rings. The van der Waals surface area contributed by atoms with Crippen molar-refractivity contribution in [2.45, 2.75) is 45.8 Å². The van der Waals surface area contributed by atoms with Crippen LogP contribution in [-0.2, 0) is 11.3 Å². The van der Waals surface area contributed by atoms with Crippen LogP contribution in [0.15, 0.2) is 24.3 Å². The molecule has 1 aliphatic carbocycles. The molecular weight excluding hydrogens is 248 g/mol. The van der Waals surface area contributed by atoms with E-state index in [0.717, 1.165) is 23.0 Å². The van der Waals surface area contributed by atoms with Crippen molar-refractivity contribution in [3.8, 4) is 11.8 Å². The molecule has 1 aliphatic rings. The summed E-state index contributed by atoms with van der Waals surface area (Å²) in [6.45, 7) is 5.22. The first-order chi connectivity index (χ1) is 9.69. The maximum atomic E-state index is 8.72. The maximum absolute atomic E-state index is 8.72. The van der Waals surface area contributed by atoms with Gasteiger partial charge in [-0.2, -0.15) is 0 Å². The van der Waals surface area contributed by atoms with Gasteiger partial charge in [-0.1, -0.05) is 37.8 Å². The van der Waals surface area contributed by atoms with Crippen LogP contribution in [0.4, 0.5) is 0 Å². The van der Waals surface area contributed by atoms with E-state index in [-0.39, 0.29) is 6.61 Å². The van der Waals surface area contributed by atoms with Gasteiger partial charge in [0.2, 0.25) is 0 Å². The monoisotopic (exact) mass is 272 g/mol. The van der Waals surface area contributed by atoms with Crippen molar-refractivity contribution in [2.24, 2.45) is 11.8 Å². The van der Waals surface area contributed by atoms with E-state index in [1.54, 1.807) is 0 Å². The van der Waals surface area contributed by atoms with Crippen LogP contribution in [0.25, 0.3) is 0 Å². The third-order valence-electron chi connectivity index (χ3n) is 4.27. The number of hydrogen-bond donors (Lipinski definition) is 1. The Labute approximate surface area is 122 Å². The van der Waals surface area contributed by atoms with Crippen molar-refractivity contribution < 1.29 is 9.84 Å². The highest BCUT2D eigenvalue weighted by Gasteiger charge is 2.24. The molecule has 0 heterocycles. The highest BCUT2D eigenvalue weighted by molar-refractivity contribution is 5.36. The molecule has 0 spiro atoms. The van der Waals surface area contributed by atoms with E-state index in [1.807, 2.05) is 18.2 Å². The summed E-state index contributed by atoms with van der Waals surface area (Å²) in [5.41, 5.74) is 2.09. The summed E-state index contributed by atoms with van der Waals surface area (Å²) < 4.78 is 6.05. The minimum atomic E-state index is -0.0983. The van der Waals surface area contributed by atoms with Crippen LogP contribution in [0.2, 0.25) is 0 Å². The molecule has 0 bridgehead atoms. The molecule has 20 heavy (non-hydrogen) atoms. The Morgan fingerprint density at radius 2 is 2.10 bits per heavy atom. The lowest BCUT2D eigenvalue weighted by Crippen LogP contribution is -2.26. The van der Waals surface area contributed by atoms with Crippen LogP contribution < -0.4 is 0 Å². The quantitative estimate of drug-likeness (QED) is 0.855. The van der Waals surface area contributed by atoms with Crippen LogP contribution in [0.1, 0.15) is 44.2 Å². The minimum Gasteiger partial charge on any atom is -0.384 e. The number of hydrogen-bond acceptors (Lipinski definition) is 2. The number of rotatable bonds is 3. The number of aliphatic hydroxyl groups excluding tert-OH is 1. The lowest BCUT2D eigenvalue weighted by Gasteiger charge is -2.32. The Hall–Kier alpha value is -1.30.